The van der Waals surface area contributed by atoms with Crippen molar-refractivity contribution in [3.05, 3.63) is 16.1 Å². The van der Waals surface area contributed by atoms with Crippen molar-refractivity contribution >= 4 is 17.3 Å². The van der Waals surface area contributed by atoms with Crippen molar-refractivity contribution in [2.45, 2.75) is 53.1 Å². The Morgan fingerprint density at radius 2 is 2.11 bits per heavy atom. The summed E-state index contributed by atoms with van der Waals surface area (Å²) >= 11 is 1.71. The van der Waals surface area contributed by atoms with Gasteiger partial charge in [0.1, 0.15) is 0 Å². The van der Waals surface area contributed by atoms with Crippen LogP contribution in [-0.4, -0.2) is 23.0 Å². The number of aryl methyl sites for hydroxylation is 1. The van der Waals surface area contributed by atoms with Gasteiger partial charge in [-0.1, -0.05) is 6.92 Å². The third-order valence-corrected chi connectivity index (χ3v) is 3.18. The topological polar surface area (TPSA) is 49.3 Å². The molecule has 4 nitrogen and oxygen atoms in total. The summed E-state index contributed by atoms with van der Waals surface area (Å²) in [7, 11) is 0. The molecule has 0 fully saturated rings. The minimum absolute atomic E-state index is 0.0116. The maximum Gasteiger partial charge on any atom is 0.192 e. The van der Waals surface area contributed by atoms with E-state index in [4.69, 9.17) is 0 Å². The van der Waals surface area contributed by atoms with E-state index in [9.17, 15) is 0 Å². The second-order valence-electron chi connectivity index (χ2n) is 5.16. The van der Waals surface area contributed by atoms with Crippen LogP contribution in [0.2, 0.25) is 0 Å². The summed E-state index contributed by atoms with van der Waals surface area (Å²) in [5.41, 5.74) is 1.06. The minimum Gasteiger partial charge on any atom is -0.357 e. The summed E-state index contributed by atoms with van der Waals surface area (Å²) in [6.07, 6.45) is 0.995. The van der Waals surface area contributed by atoms with Crippen molar-refractivity contribution < 1.29 is 0 Å². The number of thiazole rings is 1. The van der Waals surface area contributed by atoms with E-state index in [1.54, 1.807) is 11.3 Å². The van der Waals surface area contributed by atoms with E-state index in [0.29, 0.717) is 6.54 Å². The minimum atomic E-state index is 0.0116. The second kappa shape index (κ2) is 6.73. The fourth-order valence-electron chi connectivity index (χ4n) is 1.41. The first-order chi connectivity index (χ1) is 8.44. The average Bonchev–Trinajstić information content (AvgIpc) is 2.72. The molecule has 0 radical (unpaired) electrons. The van der Waals surface area contributed by atoms with Gasteiger partial charge in [0.2, 0.25) is 0 Å². The quantitative estimate of drug-likeness (QED) is 0.652. The third-order valence-electron chi connectivity index (χ3n) is 2.14. The second-order valence-corrected chi connectivity index (χ2v) is 6.10. The third kappa shape index (κ3) is 5.49. The molecule has 0 amide bonds. The van der Waals surface area contributed by atoms with Crippen molar-refractivity contribution in [1.29, 1.82) is 0 Å². The van der Waals surface area contributed by atoms with E-state index in [1.165, 1.54) is 5.01 Å². The molecule has 1 rings (SSSR count). The monoisotopic (exact) mass is 268 g/mol. The van der Waals surface area contributed by atoms with Crippen LogP contribution in [0.15, 0.2) is 10.4 Å². The van der Waals surface area contributed by atoms with Crippen molar-refractivity contribution in [2.24, 2.45) is 4.99 Å². The molecule has 0 saturated heterocycles. The summed E-state index contributed by atoms with van der Waals surface area (Å²) in [6.45, 7) is 12.0. The lowest BCUT2D eigenvalue weighted by molar-refractivity contribution is 0.501. The molecule has 0 aromatic carbocycles. The Morgan fingerprint density at radius 3 is 2.61 bits per heavy atom. The van der Waals surface area contributed by atoms with Gasteiger partial charge in [0.25, 0.3) is 0 Å². The van der Waals surface area contributed by atoms with E-state index in [0.717, 1.165) is 24.6 Å². The van der Waals surface area contributed by atoms with Crippen LogP contribution in [0.4, 0.5) is 0 Å². The molecule has 1 aromatic heterocycles. The number of nitrogens with zero attached hydrogens (tertiary/aromatic N) is 2. The van der Waals surface area contributed by atoms with E-state index < -0.39 is 0 Å². The zero-order valence-electron chi connectivity index (χ0n) is 12.0. The molecular formula is C13H24N4S. The molecule has 0 unspecified atom stereocenters. The van der Waals surface area contributed by atoms with E-state index >= 15 is 0 Å². The zero-order chi connectivity index (χ0) is 13.6. The van der Waals surface area contributed by atoms with Crippen molar-refractivity contribution in [2.75, 3.05) is 6.54 Å². The van der Waals surface area contributed by atoms with Crippen LogP contribution in [0.5, 0.6) is 0 Å². The summed E-state index contributed by atoms with van der Waals surface area (Å²) in [6, 6.07) is 0. The normalized spacial score (nSPS) is 12.6. The van der Waals surface area contributed by atoms with Crippen LogP contribution < -0.4 is 10.6 Å². The van der Waals surface area contributed by atoms with Gasteiger partial charge in [-0.05, 0) is 34.1 Å². The van der Waals surface area contributed by atoms with E-state index in [-0.39, 0.29) is 5.54 Å². The molecule has 1 aromatic rings. The van der Waals surface area contributed by atoms with E-state index in [1.807, 2.05) is 0 Å². The molecule has 0 bridgehead atoms. The van der Waals surface area contributed by atoms with Gasteiger partial charge in [0, 0.05) is 17.5 Å². The fourth-order valence-corrected chi connectivity index (χ4v) is 2.14. The highest BCUT2D eigenvalue weighted by Crippen LogP contribution is 2.11. The van der Waals surface area contributed by atoms with Crippen LogP contribution in [-0.2, 0) is 13.0 Å². The summed E-state index contributed by atoms with van der Waals surface area (Å²) in [5, 5.41) is 9.87. The molecule has 18 heavy (non-hydrogen) atoms. The molecule has 0 atom stereocenters. The molecule has 5 heteroatoms. The maximum atomic E-state index is 4.56. The largest absolute Gasteiger partial charge is 0.357 e. The lowest BCUT2D eigenvalue weighted by Gasteiger charge is -2.23. The molecule has 1 heterocycles. The number of hydrogen-bond donors (Lipinski definition) is 2. The van der Waals surface area contributed by atoms with Crippen molar-refractivity contribution in [1.82, 2.24) is 15.6 Å². The first-order valence-corrected chi connectivity index (χ1v) is 7.32. The van der Waals surface area contributed by atoms with Crippen molar-refractivity contribution in [3.8, 4) is 0 Å². The van der Waals surface area contributed by atoms with Gasteiger partial charge in [-0.2, -0.15) is 0 Å². The SMILES string of the molecule is CCNC(=NCc1csc(CC)n1)NC(C)(C)C. The van der Waals surface area contributed by atoms with Gasteiger partial charge in [-0.15, -0.1) is 11.3 Å². The predicted octanol–water partition coefficient (Wildman–Crippen LogP) is 2.56. The predicted molar refractivity (Wildman–Crippen MR) is 79.2 cm³/mol. The van der Waals surface area contributed by atoms with Crippen LogP contribution in [0.3, 0.4) is 0 Å². The fraction of sp³-hybridized carbons (Fsp3) is 0.692. The molecule has 0 saturated carbocycles. The number of hydrogen-bond acceptors (Lipinski definition) is 3. The van der Waals surface area contributed by atoms with Gasteiger partial charge in [-0.3, -0.25) is 0 Å². The van der Waals surface area contributed by atoms with Crippen molar-refractivity contribution in [3.63, 3.8) is 0 Å². The molecule has 0 spiro atoms. The molecular weight excluding hydrogens is 244 g/mol. The Labute approximate surface area is 114 Å². The number of nitrogens with one attached hydrogen (secondary N) is 2. The maximum absolute atomic E-state index is 4.56. The van der Waals surface area contributed by atoms with Gasteiger partial charge in [0.05, 0.1) is 17.2 Å². The van der Waals surface area contributed by atoms with Gasteiger partial charge < -0.3 is 10.6 Å². The van der Waals surface area contributed by atoms with Gasteiger partial charge in [0.15, 0.2) is 5.96 Å². The smallest absolute Gasteiger partial charge is 0.192 e. The molecule has 102 valence electrons. The average molecular weight is 268 g/mol. The first kappa shape index (κ1) is 15.0. The lowest BCUT2D eigenvalue weighted by atomic mass is 10.1. The van der Waals surface area contributed by atoms with E-state index in [2.05, 4.69) is 60.6 Å². The Hall–Kier alpha value is -1.10. The number of guanidine groups is 1. The number of rotatable bonds is 4. The molecule has 0 aliphatic carbocycles. The molecule has 2 N–H and O–H groups in total. The summed E-state index contributed by atoms with van der Waals surface area (Å²) in [4.78, 5) is 9.07. The Bertz CT molecular complexity index is 390. The van der Waals surface area contributed by atoms with Crippen LogP contribution >= 0.6 is 11.3 Å². The van der Waals surface area contributed by atoms with Gasteiger partial charge in [-0.25, -0.2) is 9.98 Å². The highest BCUT2D eigenvalue weighted by Gasteiger charge is 2.11. The highest BCUT2D eigenvalue weighted by atomic mass is 32.1. The summed E-state index contributed by atoms with van der Waals surface area (Å²) < 4.78 is 0. The molecule has 0 aliphatic rings. The van der Waals surface area contributed by atoms with Crippen LogP contribution in [0.1, 0.15) is 45.3 Å². The Balaban J connectivity index is 2.64. The number of aliphatic imine (C=N–C) groups is 1. The van der Waals surface area contributed by atoms with Crippen LogP contribution in [0, 0.1) is 0 Å². The van der Waals surface area contributed by atoms with Gasteiger partial charge >= 0.3 is 0 Å². The highest BCUT2D eigenvalue weighted by molar-refractivity contribution is 7.09. The van der Waals surface area contributed by atoms with Crippen LogP contribution in [0.25, 0.3) is 0 Å². The first-order valence-electron chi connectivity index (χ1n) is 6.44. The zero-order valence-corrected chi connectivity index (χ0v) is 12.8. The molecule has 0 aliphatic heterocycles. The lowest BCUT2D eigenvalue weighted by Crippen LogP contribution is -2.47. The Morgan fingerprint density at radius 1 is 1.39 bits per heavy atom. The Kier molecular flexibility index (Phi) is 5.59. The number of aromatic nitrogens is 1. The standard InChI is InChI=1S/C13H24N4S/c1-6-11-16-10(9-18-11)8-15-12(14-7-2)17-13(3,4)5/h9H,6-8H2,1-5H3,(H2,14,15,17). The summed E-state index contributed by atoms with van der Waals surface area (Å²) in [5.74, 6) is 0.844.